The van der Waals surface area contributed by atoms with E-state index in [1.54, 1.807) is 0 Å². The molecule has 2 heteroatoms. The average molecular weight is 234 g/mol. The molecule has 2 aliphatic heterocycles. The van der Waals surface area contributed by atoms with E-state index in [9.17, 15) is 0 Å². The summed E-state index contributed by atoms with van der Waals surface area (Å²) < 4.78 is 0. The first kappa shape index (κ1) is 10.8. The van der Waals surface area contributed by atoms with Gasteiger partial charge in [-0.3, -0.25) is 9.80 Å². The molecule has 4 rings (SSSR count). The van der Waals surface area contributed by atoms with Crippen LogP contribution in [-0.2, 0) is 0 Å². The lowest BCUT2D eigenvalue weighted by Gasteiger charge is -2.32. The second-order valence-electron chi connectivity index (χ2n) is 6.86. The number of hydrogen-bond donors (Lipinski definition) is 0. The standard InChI is InChI=1S/C15H26N2/c1-3-12-7-9-16(14(12)5-1)11-17-10-8-13-4-2-6-15(13)17/h12-15H,1-11H2. The zero-order chi connectivity index (χ0) is 11.2. The molecule has 4 aliphatic rings. The Balaban J connectivity index is 1.41. The van der Waals surface area contributed by atoms with E-state index in [-0.39, 0.29) is 0 Å². The lowest BCUT2D eigenvalue weighted by Crippen LogP contribution is -2.43. The van der Waals surface area contributed by atoms with Gasteiger partial charge in [0.15, 0.2) is 0 Å². The maximum Gasteiger partial charge on any atom is 0.0511 e. The Kier molecular flexibility index (Phi) is 2.69. The lowest BCUT2D eigenvalue weighted by atomic mass is 10.0. The van der Waals surface area contributed by atoms with E-state index < -0.39 is 0 Å². The van der Waals surface area contributed by atoms with Gasteiger partial charge in [0.05, 0.1) is 6.67 Å². The van der Waals surface area contributed by atoms with Crippen molar-refractivity contribution in [2.45, 2.75) is 63.5 Å². The third kappa shape index (κ3) is 1.76. The highest BCUT2D eigenvalue weighted by molar-refractivity contribution is 4.95. The van der Waals surface area contributed by atoms with E-state index >= 15 is 0 Å². The van der Waals surface area contributed by atoms with Crippen molar-refractivity contribution in [3.63, 3.8) is 0 Å². The van der Waals surface area contributed by atoms with Gasteiger partial charge in [-0.15, -0.1) is 0 Å². The normalized spacial score (nSPS) is 46.6. The maximum atomic E-state index is 2.83. The van der Waals surface area contributed by atoms with Crippen LogP contribution < -0.4 is 0 Å². The van der Waals surface area contributed by atoms with Crippen LogP contribution in [0.1, 0.15) is 51.4 Å². The molecule has 96 valence electrons. The fourth-order valence-corrected chi connectivity index (χ4v) is 5.25. The SMILES string of the molecule is C1CC2CCN(CN3CCC4CCCC43)C2C1. The van der Waals surface area contributed by atoms with E-state index in [1.165, 1.54) is 71.1 Å². The van der Waals surface area contributed by atoms with Gasteiger partial charge in [0, 0.05) is 25.2 Å². The molecule has 0 N–H and O–H groups in total. The second-order valence-corrected chi connectivity index (χ2v) is 6.86. The van der Waals surface area contributed by atoms with Crippen molar-refractivity contribution in [2.24, 2.45) is 11.8 Å². The summed E-state index contributed by atoms with van der Waals surface area (Å²) in [6.07, 6.45) is 12.0. The molecule has 4 atom stereocenters. The molecular formula is C15H26N2. The molecule has 0 radical (unpaired) electrons. The van der Waals surface area contributed by atoms with Crippen LogP contribution in [-0.4, -0.2) is 41.6 Å². The Morgan fingerprint density at radius 1 is 0.647 bits per heavy atom. The van der Waals surface area contributed by atoms with Crippen molar-refractivity contribution in [3.05, 3.63) is 0 Å². The quantitative estimate of drug-likeness (QED) is 0.725. The minimum atomic E-state index is 0.968. The highest BCUT2D eigenvalue weighted by Crippen LogP contribution is 2.41. The van der Waals surface area contributed by atoms with E-state index in [1.807, 2.05) is 0 Å². The average Bonchev–Trinajstić information content (AvgIpc) is 3.03. The van der Waals surface area contributed by atoms with Gasteiger partial charge in [-0.1, -0.05) is 12.8 Å². The minimum absolute atomic E-state index is 0.968. The molecule has 4 unspecified atom stereocenters. The van der Waals surface area contributed by atoms with Crippen LogP contribution in [0.3, 0.4) is 0 Å². The Bertz CT molecular complexity index is 263. The first-order valence-corrected chi connectivity index (χ1v) is 7.90. The third-order valence-electron chi connectivity index (χ3n) is 6.11. The number of likely N-dealkylation sites (tertiary alicyclic amines) is 2. The summed E-state index contributed by atoms with van der Waals surface area (Å²) in [5.41, 5.74) is 0. The van der Waals surface area contributed by atoms with E-state index in [0.717, 1.165) is 23.9 Å². The van der Waals surface area contributed by atoms with Crippen molar-refractivity contribution in [2.75, 3.05) is 19.8 Å². The Morgan fingerprint density at radius 3 is 1.71 bits per heavy atom. The summed E-state index contributed by atoms with van der Waals surface area (Å²) in [4.78, 5) is 5.66. The zero-order valence-electron chi connectivity index (χ0n) is 11.0. The smallest absolute Gasteiger partial charge is 0.0511 e. The van der Waals surface area contributed by atoms with Gasteiger partial charge in [-0.05, 0) is 50.4 Å². The summed E-state index contributed by atoms with van der Waals surface area (Å²) >= 11 is 0. The molecule has 2 saturated heterocycles. The summed E-state index contributed by atoms with van der Waals surface area (Å²) in [5, 5.41) is 0. The molecule has 2 aliphatic carbocycles. The van der Waals surface area contributed by atoms with Crippen molar-refractivity contribution in [1.82, 2.24) is 9.80 Å². The molecule has 0 aromatic rings. The van der Waals surface area contributed by atoms with Crippen LogP contribution in [0.25, 0.3) is 0 Å². The Hall–Kier alpha value is -0.0800. The molecule has 4 fully saturated rings. The minimum Gasteiger partial charge on any atom is -0.287 e. The van der Waals surface area contributed by atoms with Crippen LogP contribution in [0.5, 0.6) is 0 Å². The van der Waals surface area contributed by atoms with Gasteiger partial charge in [0.1, 0.15) is 0 Å². The topological polar surface area (TPSA) is 6.48 Å². The molecule has 2 nitrogen and oxygen atoms in total. The third-order valence-corrected chi connectivity index (χ3v) is 6.11. The predicted molar refractivity (Wildman–Crippen MR) is 69.8 cm³/mol. The number of hydrogen-bond acceptors (Lipinski definition) is 2. The molecule has 2 saturated carbocycles. The molecule has 0 amide bonds. The van der Waals surface area contributed by atoms with Gasteiger partial charge in [-0.2, -0.15) is 0 Å². The highest BCUT2D eigenvalue weighted by atomic mass is 15.4. The summed E-state index contributed by atoms with van der Waals surface area (Å²) in [5.74, 6) is 2.13. The summed E-state index contributed by atoms with van der Waals surface area (Å²) in [6.45, 7) is 4.09. The first-order valence-electron chi connectivity index (χ1n) is 7.90. The number of fused-ring (bicyclic) bond motifs is 2. The molecule has 0 spiro atoms. The molecule has 0 aromatic heterocycles. The van der Waals surface area contributed by atoms with E-state index in [0.29, 0.717) is 0 Å². The number of rotatable bonds is 2. The number of nitrogens with zero attached hydrogens (tertiary/aromatic N) is 2. The van der Waals surface area contributed by atoms with Crippen molar-refractivity contribution in [3.8, 4) is 0 Å². The van der Waals surface area contributed by atoms with Gasteiger partial charge in [0.25, 0.3) is 0 Å². The Labute approximate surface area is 105 Å². The predicted octanol–water partition coefficient (Wildman–Crippen LogP) is 2.69. The molecule has 0 bridgehead atoms. The van der Waals surface area contributed by atoms with Crippen LogP contribution in [0.4, 0.5) is 0 Å². The van der Waals surface area contributed by atoms with E-state index in [4.69, 9.17) is 0 Å². The van der Waals surface area contributed by atoms with E-state index in [2.05, 4.69) is 9.80 Å². The first-order chi connectivity index (χ1) is 8.42. The van der Waals surface area contributed by atoms with Crippen LogP contribution >= 0.6 is 0 Å². The van der Waals surface area contributed by atoms with Crippen LogP contribution in [0.2, 0.25) is 0 Å². The monoisotopic (exact) mass is 234 g/mol. The second kappa shape index (κ2) is 4.24. The molecule has 0 aromatic carbocycles. The summed E-state index contributed by atoms with van der Waals surface area (Å²) in [6, 6.07) is 1.94. The van der Waals surface area contributed by atoms with Crippen molar-refractivity contribution >= 4 is 0 Å². The maximum absolute atomic E-state index is 2.83. The molecule has 17 heavy (non-hydrogen) atoms. The highest BCUT2D eigenvalue weighted by Gasteiger charge is 2.42. The van der Waals surface area contributed by atoms with Gasteiger partial charge in [0.2, 0.25) is 0 Å². The molecular weight excluding hydrogens is 208 g/mol. The van der Waals surface area contributed by atoms with Crippen LogP contribution in [0.15, 0.2) is 0 Å². The lowest BCUT2D eigenvalue weighted by molar-refractivity contribution is 0.103. The zero-order valence-corrected chi connectivity index (χ0v) is 11.0. The largest absolute Gasteiger partial charge is 0.287 e. The van der Waals surface area contributed by atoms with Crippen molar-refractivity contribution in [1.29, 1.82) is 0 Å². The fourth-order valence-electron chi connectivity index (χ4n) is 5.25. The Morgan fingerprint density at radius 2 is 1.18 bits per heavy atom. The van der Waals surface area contributed by atoms with Gasteiger partial charge in [-0.25, -0.2) is 0 Å². The molecule has 2 heterocycles. The fraction of sp³-hybridized carbons (Fsp3) is 1.00. The summed E-state index contributed by atoms with van der Waals surface area (Å²) in [7, 11) is 0. The van der Waals surface area contributed by atoms with Crippen LogP contribution in [0, 0.1) is 11.8 Å². The van der Waals surface area contributed by atoms with Gasteiger partial charge < -0.3 is 0 Å². The van der Waals surface area contributed by atoms with Gasteiger partial charge >= 0.3 is 0 Å². The van der Waals surface area contributed by atoms with Crippen molar-refractivity contribution < 1.29 is 0 Å².